The highest BCUT2D eigenvalue weighted by molar-refractivity contribution is 6.28. The Kier molecular flexibility index (Phi) is 3.52. The largest absolute Gasteiger partial charge is 0.386 e. The van der Waals surface area contributed by atoms with Crippen molar-refractivity contribution in [2.75, 3.05) is 5.88 Å². The number of alkyl halides is 1. The number of nitrogens with two attached hydrogens (primary N) is 1. The molecule has 0 atom stereocenters. The van der Waals surface area contributed by atoms with E-state index in [1.165, 1.54) is 0 Å². The third kappa shape index (κ3) is 2.38. The summed E-state index contributed by atoms with van der Waals surface area (Å²) in [6, 6.07) is 0.0839. The Bertz CT molecular complexity index is 393. The summed E-state index contributed by atoms with van der Waals surface area (Å²) >= 11 is 5.20. The maximum atomic E-state index is 13.0. The molecule has 0 radical (unpaired) electrons. The number of hydrogen-bond acceptors (Lipinski definition) is 1. The monoisotopic (exact) mass is 240 g/mol. The van der Waals surface area contributed by atoms with Crippen LogP contribution in [0.2, 0.25) is 0 Å². The number of aliphatic imine (C=N–C) groups is 1. The Hall–Kier alpha value is -1.30. The molecule has 7 heteroatoms. The number of rotatable bonds is 2. The highest BCUT2D eigenvalue weighted by Gasteiger charge is 2.18. The third-order valence-electron chi connectivity index (χ3n) is 1.48. The molecule has 2 N–H and O–H groups in total. The first kappa shape index (κ1) is 11.8. The molecule has 0 unspecified atom stereocenters. The highest BCUT2D eigenvalue weighted by atomic mass is 35.5. The lowest BCUT2D eigenvalue weighted by atomic mass is 10.2. The van der Waals surface area contributed by atoms with Crippen LogP contribution in [0.4, 0.5) is 23.2 Å². The van der Waals surface area contributed by atoms with Crippen LogP contribution in [-0.2, 0) is 0 Å². The van der Waals surface area contributed by atoms with Gasteiger partial charge in [0.1, 0.15) is 11.5 Å². The van der Waals surface area contributed by atoms with Crippen LogP contribution in [0.15, 0.2) is 11.1 Å². The van der Waals surface area contributed by atoms with Gasteiger partial charge < -0.3 is 5.73 Å². The van der Waals surface area contributed by atoms with Crippen LogP contribution < -0.4 is 5.73 Å². The Labute approximate surface area is 87.4 Å². The maximum Gasteiger partial charge on any atom is 0.187 e. The zero-order valence-corrected chi connectivity index (χ0v) is 7.95. The van der Waals surface area contributed by atoms with Crippen LogP contribution in [0.3, 0.4) is 0 Å². The van der Waals surface area contributed by atoms with Crippen LogP contribution in [0.25, 0.3) is 0 Å². The molecular formula is C8H5ClF4N2. The lowest BCUT2D eigenvalue weighted by molar-refractivity contribution is 0.457. The van der Waals surface area contributed by atoms with Gasteiger partial charge in [-0.15, -0.1) is 11.6 Å². The summed E-state index contributed by atoms with van der Waals surface area (Å²) in [6.07, 6.45) is 0. The van der Waals surface area contributed by atoms with Gasteiger partial charge in [0.2, 0.25) is 0 Å². The van der Waals surface area contributed by atoms with Crippen molar-refractivity contribution in [3.8, 4) is 0 Å². The Morgan fingerprint density at radius 2 is 1.67 bits per heavy atom. The normalized spacial score (nSPS) is 11.9. The average molecular weight is 241 g/mol. The minimum absolute atomic E-state index is 0.0839. The molecule has 0 aliphatic carbocycles. The van der Waals surface area contributed by atoms with Crippen molar-refractivity contribution in [2.45, 2.75) is 0 Å². The van der Waals surface area contributed by atoms with Gasteiger partial charge in [-0.05, 0) is 0 Å². The van der Waals surface area contributed by atoms with Crippen molar-refractivity contribution in [3.05, 3.63) is 29.3 Å². The molecule has 0 aliphatic heterocycles. The van der Waals surface area contributed by atoms with Gasteiger partial charge >= 0.3 is 0 Å². The average Bonchev–Trinajstić information content (AvgIpc) is 2.21. The van der Waals surface area contributed by atoms with Gasteiger partial charge in [0.25, 0.3) is 0 Å². The molecule has 1 aromatic carbocycles. The van der Waals surface area contributed by atoms with Crippen molar-refractivity contribution in [1.29, 1.82) is 0 Å². The summed E-state index contributed by atoms with van der Waals surface area (Å²) in [5.74, 6) is -6.97. The third-order valence-corrected chi connectivity index (χ3v) is 1.75. The van der Waals surface area contributed by atoms with Crippen molar-refractivity contribution in [1.82, 2.24) is 0 Å². The van der Waals surface area contributed by atoms with Gasteiger partial charge in [0, 0.05) is 6.07 Å². The maximum absolute atomic E-state index is 13.0. The zero-order valence-electron chi connectivity index (χ0n) is 7.20. The van der Waals surface area contributed by atoms with Gasteiger partial charge in [0.05, 0.1) is 5.88 Å². The molecule has 0 aliphatic rings. The van der Waals surface area contributed by atoms with Crippen LogP contribution in [-0.4, -0.2) is 11.7 Å². The van der Waals surface area contributed by atoms with Gasteiger partial charge in [0.15, 0.2) is 23.3 Å². The van der Waals surface area contributed by atoms with E-state index in [1.807, 2.05) is 0 Å². The molecule has 0 amide bonds. The zero-order chi connectivity index (χ0) is 11.6. The fourth-order valence-corrected chi connectivity index (χ4v) is 0.892. The fraction of sp³-hybridized carbons (Fsp3) is 0.125. The lowest BCUT2D eigenvalue weighted by Crippen LogP contribution is -2.13. The molecule has 2 nitrogen and oxygen atoms in total. The Balaban J connectivity index is 3.40. The molecule has 82 valence electrons. The summed E-state index contributed by atoms with van der Waals surface area (Å²) in [5, 5.41) is 0. The van der Waals surface area contributed by atoms with Crippen molar-refractivity contribution in [3.63, 3.8) is 0 Å². The summed E-state index contributed by atoms with van der Waals surface area (Å²) < 4.78 is 51.2. The van der Waals surface area contributed by atoms with Crippen LogP contribution in [0, 0.1) is 23.3 Å². The standard InChI is InChI=1S/C8H5ClF4N2/c9-2-5(14)15-8-6(12)3(10)1-4(11)7(8)13/h1H,2H2,(H2,14,15). The smallest absolute Gasteiger partial charge is 0.187 e. The molecule has 0 fully saturated rings. The van der Waals surface area contributed by atoms with E-state index in [-0.39, 0.29) is 17.8 Å². The molecular weight excluding hydrogens is 236 g/mol. The number of hydrogen-bond donors (Lipinski definition) is 1. The second kappa shape index (κ2) is 4.48. The second-order valence-electron chi connectivity index (χ2n) is 2.55. The SMILES string of the molecule is NC(CCl)=Nc1c(F)c(F)cc(F)c1F. The van der Waals surface area contributed by atoms with E-state index in [1.54, 1.807) is 0 Å². The summed E-state index contributed by atoms with van der Waals surface area (Å²) in [5.41, 5.74) is 3.96. The van der Waals surface area contributed by atoms with E-state index in [0.29, 0.717) is 0 Å². The predicted molar refractivity (Wildman–Crippen MR) is 48.3 cm³/mol. The minimum Gasteiger partial charge on any atom is -0.386 e. The fourth-order valence-electron chi connectivity index (χ4n) is 0.832. The summed E-state index contributed by atoms with van der Waals surface area (Å²) in [7, 11) is 0. The highest BCUT2D eigenvalue weighted by Crippen LogP contribution is 2.26. The van der Waals surface area contributed by atoms with Gasteiger partial charge in [-0.25, -0.2) is 22.6 Å². The molecule has 0 saturated heterocycles. The minimum atomic E-state index is -1.61. The van der Waals surface area contributed by atoms with Gasteiger partial charge in [-0.1, -0.05) is 0 Å². The van der Waals surface area contributed by atoms with Crippen LogP contribution >= 0.6 is 11.6 Å². The number of halogens is 5. The Morgan fingerprint density at radius 1 is 1.20 bits per heavy atom. The second-order valence-corrected chi connectivity index (χ2v) is 2.82. The number of nitrogens with zero attached hydrogens (tertiary/aromatic N) is 1. The van der Waals surface area contributed by atoms with Crippen molar-refractivity contribution < 1.29 is 17.6 Å². The first-order chi connectivity index (χ1) is 6.97. The molecule has 0 heterocycles. The van der Waals surface area contributed by atoms with E-state index in [2.05, 4.69) is 4.99 Å². The molecule has 0 aromatic heterocycles. The quantitative estimate of drug-likeness (QED) is 0.279. The Morgan fingerprint density at radius 3 is 2.07 bits per heavy atom. The van der Waals surface area contributed by atoms with Crippen molar-refractivity contribution in [2.24, 2.45) is 10.7 Å². The predicted octanol–water partition coefficient (Wildman–Crippen LogP) is 2.47. The van der Waals surface area contributed by atoms with Crippen LogP contribution in [0.1, 0.15) is 0 Å². The number of benzene rings is 1. The lowest BCUT2D eigenvalue weighted by Gasteiger charge is -2.02. The van der Waals surface area contributed by atoms with Gasteiger partial charge in [-0.3, -0.25) is 0 Å². The molecule has 15 heavy (non-hydrogen) atoms. The molecule has 0 bridgehead atoms. The summed E-state index contributed by atoms with van der Waals surface area (Å²) in [6.45, 7) is 0. The first-order valence-electron chi connectivity index (χ1n) is 3.69. The van der Waals surface area contributed by atoms with Crippen molar-refractivity contribution >= 4 is 23.1 Å². The van der Waals surface area contributed by atoms with Crippen LogP contribution in [0.5, 0.6) is 0 Å². The topological polar surface area (TPSA) is 38.4 Å². The summed E-state index contributed by atoms with van der Waals surface area (Å²) in [4.78, 5) is 3.13. The first-order valence-corrected chi connectivity index (χ1v) is 4.22. The van der Waals surface area contributed by atoms with E-state index in [0.717, 1.165) is 0 Å². The van der Waals surface area contributed by atoms with Gasteiger partial charge in [-0.2, -0.15) is 0 Å². The van der Waals surface area contributed by atoms with E-state index < -0.39 is 29.0 Å². The molecule has 0 saturated carbocycles. The van der Waals surface area contributed by atoms with E-state index in [9.17, 15) is 17.6 Å². The molecule has 0 spiro atoms. The van der Waals surface area contributed by atoms with E-state index >= 15 is 0 Å². The molecule has 1 rings (SSSR count). The van der Waals surface area contributed by atoms with E-state index in [4.69, 9.17) is 17.3 Å². The number of amidine groups is 1. The molecule has 1 aromatic rings.